The molecule has 1 aliphatic rings. The predicted octanol–water partition coefficient (Wildman–Crippen LogP) is -0.290. The van der Waals surface area contributed by atoms with Gasteiger partial charge in [0.15, 0.2) is 0 Å². The first-order valence-electron chi connectivity index (χ1n) is 6.19. The van der Waals surface area contributed by atoms with Crippen molar-refractivity contribution in [3.63, 3.8) is 0 Å². The Morgan fingerprint density at radius 1 is 1.63 bits per heavy atom. The van der Waals surface area contributed by atoms with Gasteiger partial charge in [-0.15, -0.1) is 0 Å². The molecule has 2 rings (SSSR count). The molecule has 2 atom stereocenters. The maximum atomic E-state index is 12.1. The topological polar surface area (TPSA) is 82.5 Å². The van der Waals surface area contributed by atoms with Crippen LogP contribution in [0, 0.1) is 5.92 Å². The van der Waals surface area contributed by atoms with Crippen LogP contribution in [0.3, 0.4) is 0 Å². The first-order chi connectivity index (χ1) is 9.15. The number of likely N-dealkylation sites (tertiary alicyclic amines) is 1. The molecule has 1 fully saturated rings. The number of pyridine rings is 1. The number of aliphatic hydroxyl groups is 1. The van der Waals surface area contributed by atoms with Gasteiger partial charge in [-0.25, -0.2) is 0 Å². The molecule has 0 saturated carbocycles. The Kier molecular flexibility index (Phi) is 4.11. The summed E-state index contributed by atoms with van der Waals surface area (Å²) in [5.41, 5.74) is 0.847. The third kappa shape index (κ3) is 2.73. The third-order valence-electron chi connectivity index (χ3n) is 3.36. The Labute approximate surface area is 111 Å². The van der Waals surface area contributed by atoms with Gasteiger partial charge in [0.1, 0.15) is 0 Å². The van der Waals surface area contributed by atoms with Gasteiger partial charge in [0, 0.05) is 32.4 Å². The molecule has 0 radical (unpaired) electrons. The minimum atomic E-state index is -0.437. The van der Waals surface area contributed by atoms with E-state index >= 15 is 0 Å². The number of hydrogen-bond acceptors (Lipinski definition) is 4. The van der Waals surface area contributed by atoms with Gasteiger partial charge in [-0.1, -0.05) is 6.07 Å². The van der Waals surface area contributed by atoms with E-state index in [1.807, 2.05) is 6.07 Å². The molecule has 6 nitrogen and oxygen atoms in total. The number of rotatable bonds is 4. The number of amides is 2. The fourth-order valence-electron chi connectivity index (χ4n) is 2.42. The molecule has 0 spiro atoms. The van der Waals surface area contributed by atoms with Crippen LogP contribution in [0.25, 0.3) is 0 Å². The van der Waals surface area contributed by atoms with Gasteiger partial charge in [-0.3, -0.25) is 14.6 Å². The van der Waals surface area contributed by atoms with Crippen LogP contribution >= 0.6 is 0 Å². The van der Waals surface area contributed by atoms with E-state index in [0.717, 1.165) is 5.56 Å². The summed E-state index contributed by atoms with van der Waals surface area (Å²) < 4.78 is 0. The van der Waals surface area contributed by atoms with Gasteiger partial charge in [0.05, 0.1) is 18.6 Å². The molecule has 2 N–H and O–H groups in total. The van der Waals surface area contributed by atoms with Gasteiger partial charge in [0.2, 0.25) is 11.8 Å². The SMILES string of the molecule is CN1C(=O)C[C@H](C(=O)NCCO)[C@H]1c1cccnc1. The van der Waals surface area contributed by atoms with E-state index in [2.05, 4.69) is 10.3 Å². The van der Waals surface area contributed by atoms with Crippen molar-refractivity contribution in [1.82, 2.24) is 15.2 Å². The quantitative estimate of drug-likeness (QED) is 0.782. The van der Waals surface area contributed by atoms with Crippen molar-refractivity contribution in [1.29, 1.82) is 0 Å². The highest BCUT2D eigenvalue weighted by Gasteiger charge is 2.42. The number of hydrogen-bond donors (Lipinski definition) is 2. The Bertz CT molecular complexity index is 463. The number of carbonyl (C=O) groups excluding carboxylic acids is 2. The summed E-state index contributed by atoms with van der Waals surface area (Å²) in [5.74, 6) is -0.702. The highest BCUT2D eigenvalue weighted by atomic mass is 16.3. The zero-order chi connectivity index (χ0) is 13.8. The lowest BCUT2D eigenvalue weighted by Crippen LogP contribution is -2.35. The van der Waals surface area contributed by atoms with Crippen LogP contribution in [-0.2, 0) is 9.59 Å². The lowest BCUT2D eigenvalue weighted by atomic mass is 9.94. The second-order valence-electron chi connectivity index (χ2n) is 4.56. The number of nitrogens with one attached hydrogen (secondary N) is 1. The van der Waals surface area contributed by atoms with E-state index in [9.17, 15) is 9.59 Å². The van der Waals surface area contributed by atoms with Crippen LogP contribution in [0.5, 0.6) is 0 Å². The van der Waals surface area contributed by atoms with Crippen LogP contribution in [0.2, 0.25) is 0 Å². The molecular formula is C13H17N3O3. The Morgan fingerprint density at radius 2 is 2.42 bits per heavy atom. The summed E-state index contributed by atoms with van der Waals surface area (Å²) in [4.78, 5) is 29.5. The Hall–Kier alpha value is -1.95. The lowest BCUT2D eigenvalue weighted by Gasteiger charge is -2.24. The van der Waals surface area contributed by atoms with E-state index in [1.54, 1.807) is 30.4 Å². The van der Waals surface area contributed by atoms with Crippen molar-refractivity contribution in [2.45, 2.75) is 12.5 Å². The van der Waals surface area contributed by atoms with Gasteiger partial charge >= 0.3 is 0 Å². The van der Waals surface area contributed by atoms with E-state index in [-0.39, 0.29) is 37.4 Å². The molecule has 0 aromatic carbocycles. The van der Waals surface area contributed by atoms with Crippen LogP contribution in [-0.4, -0.2) is 47.0 Å². The van der Waals surface area contributed by atoms with Crippen LogP contribution in [0.15, 0.2) is 24.5 Å². The standard InChI is InChI=1S/C13H17N3O3/c1-16-11(18)7-10(13(19)15-5-6-17)12(16)9-3-2-4-14-8-9/h2-4,8,10,12,17H,5-7H2,1H3,(H,15,19)/t10-,12+/m0/s1. The molecule has 19 heavy (non-hydrogen) atoms. The molecule has 1 saturated heterocycles. The second kappa shape index (κ2) is 5.79. The molecule has 1 aliphatic heterocycles. The minimum Gasteiger partial charge on any atom is -0.395 e. The first kappa shape index (κ1) is 13.5. The number of aromatic nitrogens is 1. The number of aliphatic hydroxyl groups excluding tert-OH is 1. The highest BCUT2D eigenvalue weighted by molar-refractivity contribution is 5.90. The number of nitrogens with zero attached hydrogens (tertiary/aromatic N) is 2. The van der Waals surface area contributed by atoms with Crippen LogP contribution < -0.4 is 5.32 Å². The molecule has 1 aromatic rings. The fraction of sp³-hybridized carbons (Fsp3) is 0.462. The molecule has 1 aromatic heterocycles. The van der Waals surface area contributed by atoms with E-state index < -0.39 is 5.92 Å². The van der Waals surface area contributed by atoms with Crippen molar-refractivity contribution in [3.8, 4) is 0 Å². The number of carbonyl (C=O) groups is 2. The fourth-order valence-corrected chi connectivity index (χ4v) is 2.42. The molecule has 0 unspecified atom stereocenters. The largest absolute Gasteiger partial charge is 0.395 e. The van der Waals surface area contributed by atoms with Crippen molar-refractivity contribution in [2.75, 3.05) is 20.2 Å². The maximum absolute atomic E-state index is 12.1. The molecule has 0 bridgehead atoms. The van der Waals surface area contributed by atoms with E-state index in [1.165, 1.54) is 0 Å². The van der Waals surface area contributed by atoms with Crippen molar-refractivity contribution in [2.24, 2.45) is 5.92 Å². The molecule has 102 valence electrons. The van der Waals surface area contributed by atoms with Gasteiger partial charge in [-0.2, -0.15) is 0 Å². The Morgan fingerprint density at radius 3 is 3.05 bits per heavy atom. The van der Waals surface area contributed by atoms with Crippen LogP contribution in [0.4, 0.5) is 0 Å². The summed E-state index contributed by atoms with van der Waals surface area (Å²) in [5, 5.41) is 11.4. The zero-order valence-electron chi connectivity index (χ0n) is 10.7. The molecule has 2 amide bonds. The molecule has 0 aliphatic carbocycles. The summed E-state index contributed by atoms with van der Waals surface area (Å²) in [6.07, 6.45) is 3.51. The highest BCUT2D eigenvalue weighted by Crippen LogP contribution is 2.36. The maximum Gasteiger partial charge on any atom is 0.226 e. The monoisotopic (exact) mass is 263 g/mol. The predicted molar refractivity (Wildman–Crippen MR) is 68.0 cm³/mol. The van der Waals surface area contributed by atoms with Crippen LogP contribution in [0.1, 0.15) is 18.0 Å². The van der Waals surface area contributed by atoms with Gasteiger partial charge < -0.3 is 15.3 Å². The zero-order valence-corrected chi connectivity index (χ0v) is 10.7. The first-order valence-corrected chi connectivity index (χ1v) is 6.19. The molecular weight excluding hydrogens is 246 g/mol. The van der Waals surface area contributed by atoms with Gasteiger partial charge in [-0.05, 0) is 11.6 Å². The van der Waals surface area contributed by atoms with E-state index in [4.69, 9.17) is 5.11 Å². The minimum absolute atomic E-state index is 0.0574. The van der Waals surface area contributed by atoms with Crippen molar-refractivity contribution >= 4 is 11.8 Å². The van der Waals surface area contributed by atoms with Crippen molar-refractivity contribution in [3.05, 3.63) is 30.1 Å². The normalized spacial score (nSPS) is 22.6. The second-order valence-corrected chi connectivity index (χ2v) is 4.56. The van der Waals surface area contributed by atoms with Gasteiger partial charge in [0.25, 0.3) is 0 Å². The lowest BCUT2D eigenvalue weighted by molar-refractivity contribution is -0.128. The summed E-state index contributed by atoms with van der Waals surface area (Å²) in [6.45, 7) is 0.0901. The summed E-state index contributed by atoms with van der Waals surface area (Å²) in [7, 11) is 1.69. The summed E-state index contributed by atoms with van der Waals surface area (Å²) in [6, 6.07) is 3.35. The third-order valence-corrected chi connectivity index (χ3v) is 3.36. The molecule has 6 heteroatoms. The summed E-state index contributed by atoms with van der Waals surface area (Å²) >= 11 is 0. The average molecular weight is 263 g/mol. The average Bonchev–Trinajstić information content (AvgIpc) is 2.73. The Balaban J connectivity index is 2.22. The smallest absolute Gasteiger partial charge is 0.226 e. The van der Waals surface area contributed by atoms with E-state index in [0.29, 0.717) is 0 Å². The molecule has 2 heterocycles. The van der Waals surface area contributed by atoms with Crippen molar-refractivity contribution < 1.29 is 14.7 Å².